The van der Waals surface area contributed by atoms with Gasteiger partial charge in [0.15, 0.2) is 10.5 Å². The van der Waals surface area contributed by atoms with Crippen LogP contribution in [-0.2, 0) is 9.53 Å². The molecule has 0 fully saturated rings. The highest BCUT2D eigenvalue weighted by atomic mass is 35.5. The number of allylic oxidation sites excluding steroid dienone is 1. The van der Waals surface area contributed by atoms with Crippen molar-refractivity contribution >= 4 is 41.0 Å². The van der Waals surface area contributed by atoms with Crippen LogP contribution in [0.2, 0.25) is 5.02 Å². The predicted octanol–water partition coefficient (Wildman–Crippen LogP) is 5.22. The molecule has 1 aromatic heterocycles. The average Bonchev–Trinajstić information content (AvgIpc) is 3.31. The minimum absolute atomic E-state index is 0.0670. The summed E-state index contributed by atoms with van der Waals surface area (Å²) in [5.41, 5.74) is -1.87. The van der Waals surface area contributed by atoms with Gasteiger partial charge in [-0.05, 0) is 72.7 Å². The van der Waals surface area contributed by atoms with Crippen LogP contribution in [0, 0.1) is 0 Å². The smallest absolute Gasteiger partial charge is 0.434 e. The van der Waals surface area contributed by atoms with Crippen molar-refractivity contribution in [3.8, 4) is 11.5 Å². The number of halogens is 4. The summed E-state index contributed by atoms with van der Waals surface area (Å²) in [6.07, 6.45) is -3.54. The Morgan fingerprint density at radius 1 is 0.977 bits per heavy atom. The number of carbonyl (C=O) groups is 2. The Balaban J connectivity index is 1.55. The van der Waals surface area contributed by atoms with Crippen molar-refractivity contribution in [3.05, 3.63) is 125 Å². The molecule has 1 aliphatic heterocycles. The number of hydrogen-bond acceptors (Lipinski definition) is 8. The summed E-state index contributed by atoms with van der Waals surface area (Å²) >= 11 is 6.74. The number of nitrogens with zero attached hydrogens (tertiary/aromatic N) is 2. The van der Waals surface area contributed by atoms with E-state index in [4.69, 9.17) is 25.8 Å². The van der Waals surface area contributed by atoms with E-state index in [9.17, 15) is 27.6 Å². The van der Waals surface area contributed by atoms with Crippen LogP contribution >= 0.6 is 22.9 Å². The molecule has 0 amide bonds. The molecule has 4 aromatic rings. The van der Waals surface area contributed by atoms with E-state index in [1.54, 1.807) is 36.4 Å². The van der Waals surface area contributed by atoms with Crippen molar-refractivity contribution in [1.29, 1.82) is 0 Å². The first-order valence-corrected chi connectivity index (χ1v) is 14.2. The maximum atomic E-state index is 14.3. The lowest BCUT2D eigenvalue weighted by atomic mass is 9.95. The maximum Gasteiger partial charge on any atom is 0.434 e. The van der Waals surface area contributed by atoms with Crippen LogP contribution in [0.4, 0.5) is 13.2 Å². The highest BCUT2D eigenvalue weighted by molar-refractivity contribution is 7.07. The summed E-state index contributed by atoms with van der Waals surface area (Å²) in [4.78, 5) is 42.6. The zero-order chi connectivity index (χ0) is 31.6. The van der Waals surface area contributed by atoms with E-state index in [0.717, 1.165) is 15.9 Å². The van der Waals surface area contributed by atoms with E-state index in [0.29, 0.717) is 21.9 Å². The number of benzene rings is 3. The highest BCUT2D eigenvalue weighted by Gasteiger charge is 2.45. The minimum Gasteiger partial charge on any atom is -0.497 e. The van der Waals surface area contributed by atoms with E-state index in [2.05, 4.69) is 4.99 Å². The third kappa shape index (κ3) is 6.31. The van der Waals surface area contributed by atoms with Crippen molar-refractivity contribution in [2.45, 2.75) is 19.1 Å². The van der Waals surface area contributed by atoms with E-state index >= 15 is 0 Å². The second kappa shape index (κ2) is 12.5. The van der Waals surface area contributed by atoms with Gasteiger partial charge in [0.2, 0.25) is 0 Å². The summed E-state index contributed by atoms with van der Waals surface area (Å²) in [6.45, 7) is 1.28. The van der Waals surface area contributed by atoms with Gasteiger partial charge in [-0.1, -0.05) is 47.2 Å². The molecule has 8 nitrogen and oxygen atoms in total. The van der Waals surface area contributed by atoms with Crippen molar-refractivity contribution in [3.63, 3.8) is 0 Å². The van der Waals surface area contributed by atoms with Crippen molar-refractivity contribution < 1.29 is 37.0 Å². The average molecular weight is 643 g/mol. The third-order valence-electron chi connectivity index (χ3n) is 6.49. The molecule has 1 atom stereocenters. The summed E-state index contributed by atoms with van der Waals surface area (Å²) in [5, 5.41) is 0.317. The molecule has 226 valence electrons. The molecule has 0 aliphatic carbocycles. The van der Waals surface area contributed by atoms with Gasteiger partial charge in [0.1, 0.15) is 11.5 Å². The van der Waals surface area contributed by atoms with E-state index < -0.39 is 41.0 Å². The van der Waals surface area contributed by atoms with Crippen LogP contribution in [0.5, 0.6) is 11.5 Å². The number of alkyl halides is 3. The fraction of sp³-hybridized carbons (Fsp3) is 0.161. The summed E-state index contributed by atoms with van der Waals surface area (Å²) < 4.78 is 59.3. The monoisotopic (exact) mass is 642 g/mol. The summed E-state index contributed by atoms with van der Waals surface area (Å²) in [7, 11) is 1.51. The van der Waals surface area contributed by atoms with Crippen LogP contribution in [0.1, 0.15) is 34.5 Å². The van der Waals surface area contributed by atoms with Gasteiger partial charge >= 0.3 is 18.1 Å². The van der Waals surface area contributed by atoms with Crippen LogP contribution in [0.25, 0.3) is 6.08 Å². The van der Waals surface area contributed by atoms with Crippen molar-refractivity contribution in [2.24, 2.45) is 4.99 Å². The zero-order valence-corrected chi connectivity index (χ0v) is 24.6. The van der Waals surface area contributed by atoms with Crippen LogP contribution in [0.15, 0.2) is 93.9 Å². The second-order valence-electron chi connectivity index (χ2n) is 9.30. The number of hydrogen-bond donors (Lipinski definition) is 0. The number of thiazole rings is 1. The molecule has 2 heterocycles. The molecule has 44 heavy (non-hydrogen) atoms. The normalized spacial score (nSPS) is 15.0. The maximum absolute atomic E-state index is 14.3. The lowest BCUT2D eigenvalue weighted by Gasteiger charge is -2.26. The first kappa shape index (κ1) is 30.8. The molecular weight excluding hydrogens is 621 g/mol. The minimum atomic E-state index is -5.01. The number of carbonyl (C=O) groups excluding carboxylic acids is 2. The predicted molar refractivity (Wildman–Crippen MR) is 157 cm³/mol. The second-order valence-corrected chi connectivity index (χ2v) is 10.7. The molecular formula is C31H22ClF3N2O6S. The fourth-order valence-electron chi connectivity index (χ4n) is 4.48. The highest BCUT2D eigenvalue weighted by Crippen LogP contribution is 2.38. The number of esters is 2. The zero-order valence-electron chi connectivity index (χ0n) is 23.1. The SMILES string of the molecule is CCOC(=O)C1=C(C(F)(F)F)N=c2s/c(=C\c3ccc(OC(=O)c4ccc(OC)cc4)cc3)c(=O)n2[C@H]1c1ccc(Cl)cc1. The molecule has 1 aliphatic rings. The lowest BCUT2D eigenvalue weighted by molar-refractivity contribution is -0.140. The van der Waals surface area contributed by atoms with Crippen LogP contribution in [0.3, 0.4) is 0 Å². The van der Waals surface area contributed by atoms with E-state index in [1.807, 2.05) is 0 Å². The van der Waals surface area contributed by atoms with Gasteiger partial charge in [-0.2, -0.15) is 13.2 Å². The Bertz CT molecular complexity index is 1930. The first-order chi connectivity index (χ1) is 21.0. The van der Waals surface area contributed by atoms with Crippen molar-refractivity contribution in [1.82, 2.24) is 4.57 Å². The molecule has 0 unspecified atom stereocenters. The Labute approximate surface area is 256 Å². The lowest BCUT2D eigenvalue weighted by Crippen LogP contribution is -2.41. The van der Waals surface area contributed by atoms with Gasteiger partial charge < -0.3 is 14.2 Å². The standard InChI is InChI=1S/C31H22ClF3N2O6S/c1-3-42-29(40)24-25(18-6-10-20(32)11-7-18)37-27(38)23(44-30(37)36-26(24)31(33,34)35)16-17-4-12-22(13-5-17)43-28(39)19-8-14-21(41-2)15-9-19/h4-16,25H,3H2,1-2H3/b23-16-/t25-/m0/s1. The van der Waals surface area contributed by atoms with Gasteiger partial charge in [-0.25, -0.2) is 14.6 Å². The van der Waals surface area contributed by atoms with Gasteiger partial charge in [0.25, 0.3) is 5.56 Å². The molecule has 3 aromatic carbocycles. The van der Waals surface area contributed by atoms with Gasteiger partial charge in [-0.15, -0.1) is 0 Å². The topological polar surface area (TPSA) is 96.2 Å². The third-order valence-corrected chi connectivity index (χ3v) is 7.73. The number of fused-ring (bicyclic) bond motifs is 1. The molecule has 0 N–H and O–H groups in total. The Morgan fingerprint density at radius 2 is 1.61 bits per heavy atom. The molecule has 0 saturated carbocycles. The Morgan fingerprint density at radius 3 is 2.20 bits per heavy atom. The molecule has 0 radical (unpaired) electrons. The molecule has 13 heteroatoms. The molecule has 0 spiro atoms. The fourth-order valence-corrected chi connectivity index (χ4v) is 5.60. The van der Waals surface area contributed by atoms with Gasteiger partial charge in [-0.3, -0.25) is 9.36 Å². The Kier molecular flexibility index (Phi) is 8.75. The number of rotatable bonds is 7. The first-order valence-electron chi connectivity index (χ1n) is 13.0. The van der Waals surface area contributed by atoms with Crippen LogP contribution in [-0.4, -0.2) is 36.4 Å². The molecule has 5 rings (SSSR count). The van der Waals surface area contributed by atoms with E-state index in [1.165, 1.54) is 56.5 Å². The Hall–Kier alpha value is -4.68. The molecule has 0 saturated heterocycles. The molecule has 0 bridgehead atoms. The van der Waals surface area contributed by atoms with Gasteiger partial charge in [0.05, 0.1) is 35.4 Å². The largest absolute Gasteiger partial charge is 0.497 e. The number of ether oxygens (including phenoxy) is 3. The van der Waals surface area contributed by atoms with Crippen LogP contribution < -0.4 is 24.4 Å². The quantitative estimate of drug-likeness (QED) is 0.203. The number of methoxy groups -OCH3 is 1. The summed E-state index contributed by atoms with van der Waals surface area (Å²) in [6, 6.07) is 16.9. The van der Waals surface area contributed by atoms with Crippen molar-refractivity contribution in [2.75, 3.05) is 13.7 Å². The van der Waals surface area contributed by atoms with Gasteiger partial charge in [0, 0.05) is 5.02 Å². The number of aromatic nitrogens is 1. The van der Waals surface area contributed by atoms with E-state index in [-0.39, 0.29) is 27.3 Å². The summed E-state index contributed by atoms with van der Waals surface area (Å²) in [5.74, 6) is -1.00.